The van der Waals surface area contributed by atoms with Crippen LogP contribution >= 0.6 is 0 Å². The first-order valence-corrected chi connectivity index (χ1v) is 8.15. The standard InChI is InChI=1S/C18H21N3O3/c1-12-11-15(22)17(20-21(12)14-7-4-3-5-8-14)18(23)19-13(2)16-9-6-10-24-16/h3-5,7-8,11,13,16H,6,9-10H2,1-2H3,(H,19,23)/t13-,16-/m0/s1. The quantitative estimate of drug-likeness (QED) is 0.930. The maximum Gasteiger partial charge on any atom is 0.276 e. The van der Waals surface area contributed by atoms with Crippen LogP contribution in [-0.2, 0) is 4.74 Å². The summed E-state index contributed by atoms with van der Waals surface area (Å²) in [6.45, 7) is 4.39. The number of hydrogen-bond acceptors (Lipinski definition) is 4. The van der Waals surface area contributed by atoms with Gasteiger partial charge in [0.25, 0.3) is 5.91 Å². The molecule has 1 fully saturated rings. The molecule has 0 bridgehead atoms. The third-order valence-corrected chi connectivity index (χ3v) is 4.20. The number of para-hydroxylation sites is 1. The summed E-state index contributed by atoms with van der Waals surface area (Å²) in [4.78, 5) is 24.7. The van der Waals surface area contributed by atoms with Gasteiger partial charge in [0.15, 0.2) is 5.69 Å². The Labute approximate surface area is 140 Å². The summed E-state index contributed by atoms with van der Waals surface area (Å²) in [5, 5.41) is 7.11. The van der Waals surface area contributed by atoms with Crippen LogP contribution in [0.15, 0.2) is 41.2 Å². The van der Waals surface area contributed by atoms with E-state index in [0.29, 0.717) is 12.3 Å². The van der Waals surface area contributed by atoms with Crippen LogP contribution in [0.25, 0.3) is 5.69 Å². The van der Waals surface area contributed by atoms with Crippen molar-refractivity contribution in [3.8, 4) is 5.69 Å². The SMILES string of the molecule is Cc1cc(=O)c(C(=O)N[C@@H](C)[C@@H]2CCCO2)nn1-c1ccccc1. The van der Waals surface area contributed by atoms with Gasteiger partial charge in [-0.05, 0) is 38.8 Å². The second kappa shape index (κ2) is 6.97. The van der Waals surface area contributed by atoms with Gasteiger partial charge in [-0.3, -0.25) is 9.59 Å². The van der Waals surface area contributed by atoms with E-state index in [1.165, 1.54) is 6.07 Å². The molecule has 1 aliphatic rings. The number of carbonyl (C=O) groups excluding carboxylic acids is 1. The minimum absolute atomic E-state index is 0.00394. The Hall–Kier alpha value is -2.47. The molecule has 0 saturated carbocycles. The largest absolute Gasteiger partial charge is 0.376 e. The Bertz CT molecular complexity index is 780. The predicted octanol–water partition coefficient (Wildman–Crippen LogP) is 1.84. The maximum atomic E-state index is 12.5. The third kappa shape index (κ3) is 3.38. The molecule has 0 radical (unpaired) electrons. The van der Waals surface area contributed by atoms with Gasteiger partial charge in [0.2, 0.25) is 5.43 Å². The Morgan fingerprint density at radius 3 is 2.79 bits per heavy atom. The molecular formula is C18H21N3O3. The molecule has 1 aromatic carbocycles. The first-order valence-electron chi connectivity index (χ1n) is 8.15. The van der Waals surface area contributed by atoms with E-state index in [2.05, 4.69) is 10.4 Å². The fraction of sp³-hybridized carbons (Fsp3) is 0.389. The summed E-state index contributed by atoms with van der Waals surface area (Å²) >= 11 is 0. The Morgan fingerprint density at radius 2 is 2.12 bits per heavy atom. The fourth-order valence-electron chi connectivity index (χ4n) is 2.90. The lowest BCUT2D eigenvalue weighted by molar-refractivity contribution is 0.0708. The van der Waals surface area contributed by atoms with E-state index >= 15 is 0 Å². The van der Waals surface area contributed by atoms with Gasteiger partial charge in [0, 0.05) is 18.4 Å². The molecular weight excluding hydrogens is 306 g/mol. The third-order valence-electron chi connectivity index (χ3n) is 4.20. The van der Waals surface area contributed by atoms with Crippen molar-refractivity contribution >= 4 is 5.91 Å². The number of aromatic nitrogens is 2. The molecule has 0 spiro atoms. The van der Waals surface area contributed by atoms with Crippen LogP contribution in [0.2, 0.25) is 0 Å². The van der Waals surface area contributed by atoms with Gasteiger partial charge in [-0.25, -0.2) is 4.68 Å². The predicted molar refractivity (Wildman–Crippen MR) is 90.5 cm³/mol. The number of nitrogens with one attached hydrogen (secondary N) is 1. The molecule has 6 heteroatoms. The number of hydrogen-bond donors (Lipinski definition) is 1. The van der Waals surface area contributed by atoms with E-state index < -0.39 is 5.91 Å². The van der Waals surface area contributed by atoms with E-state index in [0.717, 1.165) is 18.5 Å². The van der Waals surface area contributed by atoms with Crippen molar-refractivity contribution in [2.45, 2.75) is 38.8 Å². The number of benzene rings is 1. The second-order valence-electron chi connectivity index (χ2n) is 6.06. The van der Waals surface area contributed by atoms with Gasteiger partial charge in [0.05, 0.1) is 17.8 Å². The van der Waals surface area contributed by atoms with Crippen molar-refractivity contribution in [2.24, 2.45) is 0 Å². The molecule has 1 aromatic heterocycles. The highest BCUT2D eigenvalue weighted by atomic mass is 16.5. The van der Waals surface area contributed by atoms with Crippen molar-refractivity contribution in [3.63, 3.8) is 0 Å². The molecule has 2 heterocycles. The normalized spacial score (nSPS) is 18.3. The molecule has 1 saturated heterocycles. The van der Waals surface area contributed by atoms with Crippen LogP contribution in [0.1, 0.15) is 35.9 Å². The molecule has 3 rings (SSSR count). The zero-order valence-corrected chi connectivity index (χ0v) is 13.9. The average molecular weight is 327 g/mol. The molecule has 1 aliphatic heterocycles. The van der Waals surface area contributed by atoms with Crippen LogP contribution in [0, 0.1) is 6.92 Å². The highest BCUT2D eigenvalue weighted by molar-refractivity contribution is 5.92. The molecule has 0 unspecified atom stereocenters. The summed E-state index contributed by atoms with van der Waals surface area (Å²) in [5.74, 6) is -0.465. The molecule has 24 heavy (non-hydrogen) atoms. The Morgan fingerprint density at radius 1 is 1.38 bits per heavy atom. The number of aryl methyl sites for hydroxylation is 1. The minimum atomic E-state index is -0.465. The van der Waals surface area contributed by atoms with E-state index in [9.17, 15) is 9.59 Å². The van der Waals surface area contributed by atoms with Crippen molar-refractivity contribution in [3.05, 3.63) is 58.0 Å². The van der Waals surface area contributed by atoms with Crippen LogP contribution in [-0.4, -0.2) is 34.4 Å². The molecule has 126 valence electrons. The lowest BCUT2D eigenvalue weighted by Gasteiger charge is -2.20. The highest BCUT2D eigenvalue weighted by Crippen LogP contribution is 2.15. The van der Waals surface area contributed by atoms with Crippen molar-refractivity contribution < 1.29 is 9.53 Å². The number of rotatable bonds is 4. The molecule has 2 atom stereocenters. The number of amides is 1. The van der Waals surface area contributed by atoms with Crippen molar-refractivity contribution in [2.75, 3.05) is 6.61 Å². The smallest absolute Gasteiger partial charge is 0.276 e. The van der Waals surface area contributed by atoms with Crippen molar-refractivity contribution in [1.82, 2.24) is 15.1 Å². The van der Waals surface area contributed by atoms with Gasteiger partial charge >= 0.3 is 0 Å². The van der Waals surface area contributed by atoms with Gasteiger partial charge < -0.3 is 10.1 Å². The Kier molecular flexibility index (Phi) is 4.76. The summed E-state index contributed by atoms with van der Waals surface area (Å²) in [6, 6.07) is 10.7. The topological polar surface area (TPSA) is 73.2 Å². The van der Waals surface area contributed by atoms with Crippen LogP contribution in [0.5, 0.6) is 0 Å². The molecule has 6 nitrogen and oxygen atoms in total. The van der Waals surface area contributed by atoms with E-state index in [1.807, 2.05) is 37.3 Å². The molecule has 2 aromatic rings. The molecule has 0 aliphatic carbocycles. The van der Waals surface area contributed by atoms with Gasteiger partial charge in [-0.1, -0.05) is 18.2 Å². The molecule has 1 N–H and O–H groups in total. The second-order valence-corrected chi connectivity index (χ2v) is 6.06. The first kappa shape index (κ1) is 16.4. The summed E-state index contributed by atoms with van der Waals surface area (Å²) in [6.07, 6.45) is 1.90. The van der Waals surface area contributed by atoms with Gasteiger partial charge in [-0.2, -0.15) is 5.10 Å². The monoisotopic (exact) mass is 327 g/mol. The number of nitrogens with zero attached hydrogens (tertiary/aromatic N) is 2. The zero-order chi connectivity index (χ0) is 17.1. The van der Waals surface area contributed by atoms with Crippen LogP contribution < -0.4 is 10.7 Å². The zero-order valence-electron chi connectivity index (χ0n) is 13.9. The highest BCUT2D eigenvalue weighted by Gasteiger charge is 2.25. The number of ether oxygens (including phenoxy) is 1. The maximum absolute atomic E-state index is 12.5. The lowest BCUT2D eigenvalue weighted by atomic mass is 10.1. The lowest BCUT2D eigenvalue weighted by Crippen LogP contribution is -2.43. The van der Waals surface area contributed by atoms with Gasteiger partial charge in [-0.15, -0.1) is 0 Å². The van der Waals surface area contributed by atoms with Gasteiger partial charge in [0.1, 0.15) is 0 Å². The minimum Gasteiger partial charge on any atom is -0.376 e. The average Bonchev–Trinajstić information content (AvgIpc) is 3.10. The van der Waals surface area contributed by atoms with Crippen LogP contribution in [0.3, 0.4) is 0 Å². The van der Waals surface area contributed by atoms with E-state index in [1.54, 1.807) is 11.6 Å². The van der Waals surface area contributed by atoms with Crippen molar-refractivity contribution in [1.29, 1.82) is 0 Å². The molecule has 1 amide bonds. The van der Waals surface area contributed by atoms with E-state index in [4.69, 9.17) is 4.74 Å². The van der Waals surface area contributed by atoms with E-state index in [-0.39, 0.29) is 23.3 Å². The van der Waals surface area contributed by atoms with Crippen LogP contribution in [0.4, 0.5) is 0 Å². The summed E-state index contributed by atoms with van der Waals surface area (Å²) < 4.78 is 7.18. The number of carbonyl (C=O) groups is 1. The Balaban J connectivity index is 1.87. The summed E-state index contributed by atoms with van der Waals surface area (Å²) in [5.41, 5.74) is 0.997. The summed E-state index contributed by atoms with van der Waals surface area (Å²) in [7, 11) is 0. The fourth-order valence-corrected chi connectivity index (χ4v) is 2.90. The first-order chi connectivity index (χ1) is 11.6.